The van der Waals surface area contributed by atoms with E-state index in [9.17, 15) is 9.59 Å². The second-order valence-electron chi connectivity index (χ2n) is 4.23. The lowest BCUT2D eigenvalue weighted by Crippen LogP contribution is -2.46. The van der Waals surface area contributed by atoms with E-state index >= 15 is 0 Å². The van der Waals surface area contributed by atoms with E-state index < -0.39 is 18.0 Å². The number of unbranched alkanes of at least 4 members (excludes halogenated alkanes) is 1. The largest absolute Gasteiger partial charge is 0.480 e. The molecular weight excluding hydrogens is 220 g/mol. The molecule has 2 amide bonds. The minimum atomic E-state index is -1.02. The predicted octanol–water partition coefficient (Wildman–Crippen LogP) is 1.20. The van der Waals surface area contributed by atoms with Crippen molar-refractivity contribution in [1.29, 1.82) is 0 Å². The number of terminal acetylenes is 1. The standard InChI is InChI=1S/C12H20N2O3/c1-4-5-6-7-13-12(17)14-10(11(15)16)8-9(2)3/h1,9-10H,5-8H2,2-3H3,(H,15,16)(H2,13,14,17). The normalized spacial score (nSPS) is 11.6. The average molecular weight is 240 g/mol. The topological polar surface area (TPSA) is 78.4 Å². The molecule has 0 saturated heterocycles. The molecule has 0 aromatic heterocycles. The summed E-state index contributed by atoms with van der Waals surface area (Å²) >= 11 is 0. The van der Waals surface area contributed by atoms with Crippen LogP contribution < -0.4 is 10.6 Å². The van der Waals surface area contributed by atoms with Crippen molar-refractivity contribution in [3.05, 3.63) is 0 Å². The smallest absolute Gasteiger partial charge is 0.326 e. The monoisotopic (exact) mass is 240 g/mol. The van der Waals surface area contributed by atoms with Gasteiger partial charge in [-0.1, -0.05) is 13.8 Å². The van der Waals surface area contributed by atoms with Crippen molar-refractivity contribution < 1.29 is 14.7 Å². The number of urea groups is 1. The molecule has 0 radical (unpaired) electrons. The second kappa shape index (κ2) is 8.45. The Bertz CT molecular complexity index is 295. The first-order valence-electron chi connectivity index (χ1n) is 5.68. The van der Waals surface area contributed by atoms with Crippen LogP contribution in [0.3, 0.4) is 0 Å². The third-order valence-corrected chi connectivity index (χ3v) is 2.09. The van der Waals surface area contributed by atoms with Crippen molar-refractivity contribution in [2.45, 2.75) is 39.2 Å². The van der Waals surface area contributed by atoms with Crippen LogP contribution in [0.1, 0.15) is 33.1 Å². The molecule has 5 heteroatoms. The molecule has 0 saturated carbocycles. The maximum Gasteiger partial charge on any atom is 0.326 e. The highest BCUT2D eigenvalue weighted by Gasteiger charge is 2.20. The van der Waals surface area contributed by atoms with Crippen LogP contribution in [0.25, 0.3) is 0 Å². The number of carbonyl (C=O) groups is 2. The summed E-state index contributed by atoms with van der Waals surface area (Å²) < 4.78 is 0. The van der Waals surface area contributed by atoms with Crippen molar-refractivity contribution in [3.63, 3.8) is 0 Å². The lowest BCUT2D eigenvalue weighted by molar-refractivity contribution is -0.139. The summed E-state index contributed by atoms with van der Waals surface area (Å²) in [6.07, 6.45) is 6.75. The van der Waals surface area contributed by atoms with Crippen LogP contribution in [0.2, 0.25) is 0 Å². The molecule has 0 spiro atoms. The summed E-state index contributed by atoms with van der Waals surface area (Å²) in [5.74, 6) is 1.65. The summed E-state index contributed by atoms with van der Waals surface area (Å²) in [5.41, 5.74) is 0. The number of rotatable bonds is 7. The van der Waals surface area contributed by atoms with Gasteiger partial charge >= 0.3 is 12.0 Å². The lowest BCUT2D eigenvalue weighted by Gasteiger charge is -2.16. The molecule has 0 aliphatic carbocycles. The number of carboxylic acid groups (broad SMARTS) is 1. The molecule has 0 aromatic rings. The highest BCUT2D eigenvalue weighted by Crippen LogP contribution is 2.04. The predicted molar refractivity (Wildman–Crippen MR) is 65.5 cm³/mol. The molecule has 0 rings (SSSR count). The molecule has 1 atom stereocenters. The molecule has 1 unspecified atom stereocenters. The Morgan fingerprint density at radius 2 is 2.06 bits per heavy atom. The van der Waals surface area contributed by atoms with Gasteiger partial charge in [0.25, 0.3) is 0 Å². The Labute approximate surface area is 102 Å². The first kappa shape index (κ1) is 15.3. The highest BCUT2D eigenvalue weighted by atomic mass is 16.4. The lowest BCUT2D eigenvalue weighted by atomic mass is 10.0. The molecule has 0 heterocycles. The molecule has 0 aromatic carbocycles. The summed E-state index contributed by atoms with van der Waals surface area (Å²) in [6, 6.07) is -1.31. The van der Waals surface area contributed by atoms with E-state index in [-0.39, 0.29) is 5.92 Å². The number of carbonyl (C=O) groups excluding carboxylic acids is 1. The zero-order valence-electron chi connectivity index (χ0n) is 10.3. The minimum absolute atomic E-state index is 0.206. The van der Waals surface area contributed by atoms with E-state index in [4.69, 9.17) is 11.5 Å². The van der Waals surface area contributed by atoms with Gasteiger partial charge in [0.1, 0.15) is 6.04 Å². The van der Waals surface area contributed by atoms with Gasteiger partial charge in [0.15, 0.2) is 0 Å². The molecule has 3 N–H and O–H groups in total. The van der Waals surface area contributed by atoms with Crippen molar-refractivity contribution >= 4 is 12.0 Å². The Morgan fingerprint density at radius 1 is 1.41 bits per heavy atom. The van der Waals surface area contributed by atoms with Crippen molar-refractivity contribution in [2.24, 2.45) is 5.92 Å². The maximum absolute atomic E-state index is 11.4. The SMILES string of the molecule is C#CCCCNC(=O)NC(CC(C)C)C(=O)O. The molecular formula is C12H20N2O3. The Morgan fingerprint density at radius 3 is 2.53 bits per heavy atom. The fourth-order valence-corrected chi connectivity index (χ4v) is 1.29. The van der Waals surface area contributed by atoms with E-state index in [0.29, 0.717) is 25.8 Å². The van der Waals surface area contributed by atoms with Crippen LogP contribution >= 0.6 is 0 Å². The van der Waals surface area contributed by atoms with E-state index in [1.54, 1.807) is 0 Å². The van der Waals surface area contributed by atoms with E-state index in [1.807, 2.05) is 13.8 Å². The molecule has 5 nitrogen and oxygen atoms in total. The number of hydrogen-bond donors (Lipinski definition) is 3. The van der Waals surface area contributed by atoms with Gasteiger partial charge in [-0.05, 0) is 18.8 Å². The van der Waals surface area contributed by atoms with Crippen LogP contribution in [-0.2, 0) is 4.79 Å². The van der Waals surface area contributed by atoms with Crippen LogP contribution in [0.5, 0.6) is 0 Å². The van der Waals surface area contributed by atoms with Crippen LogP contribution in [0.15, 0.2) is 0 Å². The fraction of sp³-hybridized carbons (Fsp3) is 0.667. The van der Waals surface area contributed by atoms with Gasteiger partial charge in [-0.2, -0.15) is 0 Å². The van der Waals surface area contributed by atoms with Gasteiger partial charge in [-0.15, -0.1) is 12.3 Å². The number of nitrogens with one attached hydrogen (secondary N) is 2. The van der Waals surface area contributed by atoms with Crippen molar-refractivity contribution in [3.8, 4) is 12.3 Å². The summed E-state index contributed by atoms with van der Waals surface area (Å²) in [6.45, 7) is 4.26. The van der Waals surface area contributed by atoms with Crippen LogP contribution in [0, 0.1) is 18.3 Å². The van der Waals surface area contributed by atoms with E-state index in [0.717, 1.165) is 0 Å². The Kier molecular flexibility index (Phi) is 7.61. The third-order valence-electron chi connectivity index (χ3n) is 2.09. The number of hydrogen-bond acceptors (Lipinski definition) is 2. The number of carboxylic acids is 1. The minimum Gasteiger partial charge on any atom is -0.480 e. The number of amides is 2. The number of aliphatic carboxylic acids is 1. The Balaban J connectivity index is 3.96. The first-order valence-corrected chi connectivity index (χ1v) is 5.68. The summed E-state index contributed by atoms with van der Waals surface area (Å²) in [5, 5.41) is 13.9. The van der Waals surface area contributed by atoms with Crippen molar-refractivity contribution in [1.82, 2.24) is 10.6 Å². The zero-order valence-corrected chi connectivity index (χ0v) is 10.3. The molecule has 0 fully saturated rings. The van der Waals surface area contributed by atoms with Gasteiger partial charge < -0.3 is 15.7 Å². The van der Waals surface area contributed by atoms with E-state index in [1.165, 1.54) is 0 Å². The molecule has 96 valence electrons. The fourth-order valence-electron chi connectivity index (χ4n) is 1.29. The van der Waals surface area contributed by atoms with Crippen molar-refractivity contribution in [2.75, 3.05) is 6.54 Å². The maximum atomic E-state index is 11.4. The summed E-state index contributed by atoms with van der Waals surface area (Å²) in [4.78, 5) is 22.2. The van der Waals surface area contributed by atoms with Crippen LogP contribution in [-0.4, -0.2) is 29.7 Å². The molecule has 0 bridgehead atoms. The second-order valence-corrected chi connectivity index (χ2v) is 4.23. The highest BCUT2D eigenvalue weighted by molar-refractivity contribution is 5.82. The molecule has 0 aliphatic rings. The van der Waals surface area contributed by atoms with Gasteiger partial charge in [0.2, 0.25) is 0 Å². The first-order chi connectivity index (χ1) is 7.97. The van der Waals surface area contributed by atoms with E-state index in [2.05, 4.69) is 16.6 Å². The third kappa shape index (κ3) is 8.14. The molecule has 17 heavy (non-hydrogen) atoms. The Hall–Kier alpha value is -1.70. The van der Waals surface area contributed by atoms with Gasteiger partial charge in [0, 0.05) is 13.0 Å². The van der Waals surface area contributed by atoms with Crippen LogP contribution in [0.4, 0.5) is 4.79 Å². The van der Waals surface area contributed by atoms with Gasteiger partial charge in [0.05, 0.1) is 0 Å². The zero-order chi connectivity index (χ0) is 13.3. The molecule has 0 aliphatic heterocycles. The van der Waals surface area contributed by atoms with Gasteiger partial charge in [-0.25, -0.2) is 9.59 Å². The average Bonchev–Trinajstić information content (AvgIpc) is 2.22. The summed E-state index contributed by atoms with van der Waals surface area (Å²) in [7, 11) is 0. The quantitative estimate of drug-likeness (QED) is 0.462. The van der Waals surface area contributed by atoms with Gasteiger partial charge in [-0.3, -0.25) is 0 Å².